The minimum atomic E-state index is -4.82. The van der Waals surface area contributed by atoms with E-state index in [9.17, 15) is 31.9 Å². The first-order valence-corrected chi connectivity index (χ1v) is 11.5. The highest BCUT2D eigenvalue weighted by atomic mass is 19.4. The second-order valence-electron chi connectivity index (χ2n) is 9.60. The molecule has 0 aliphatic carbocycles. The van der Waals surface area contributed by atoms with Gasteiger partial charge in [-0.2, -0.15) is 13.2 Å². The minimum Gasteiger partial charge on any atom is -0.444 e. The standard InChI is InChI=1S/C25H28F4N4O4/c1-24(2,3)37-23(36)32-11-9-17(10-12-32)33(18-6-4-5-15(26)13-18)22(35)31-16-7-8-20(25(27,28)29)19(14-16)21(30)34/h4-8,13-14,17H,9-12H2,1-3H3,(H2,30,34)(H,31,35). The SMILES string of the molecule is CC(C)(C)OC(=O)N1CCC(N(C(=O)Nc2ccc(C(F)(F)F)c(C(N)=O)c2)c2cccc(F)c2)CC1. The van der Waals surface area contributed by atoms with Crippen LogP contribution in [-0.4, -0.2) is 47.7 Å². The molecule has 0 unspecified atom stereocenters. The summed E-state index contributed by atoms with van der Waals surface area (Å²) >= 11 is 0. The molecule has 1 saturated heterocycles. The van der Waals surface area contributed by atoms with Crippen LogP contribution in [-0.2, 0) is 10.9 Å². The Kier molecular flexibility index (Phi) is 7.99. The van der Waals surface area contributed by atoms with Crippen LogP contribution in [0.25, 0.3) is 0 Å². The fourth-order valence-electron chi connectivity index (χ4n) is 4.01. The van der Waals surface area contributed by atoms with E-state index in [1.807, 2.05) is 0 Å². The number of urea groups is 1. The van der Waals surface area contributed by atoms with Crippen LogP contribution < -0.4 is 16.0 Å². The summed E-state index contributed by atoms with van der Waals surface area (Å²) in [5.41, 5.74) is 2.55. The molecule has 4 amide bonds. The zero-order valence-corrected chi connectivity index (χ0v) is 20.6. The van der Waals surface area contributed by atoms with Gasteiger partial charge in [0.1, 0.15) is 11.4 Å². The number of nitrogens with one attached hydrogen (secondary N) is 1. The number of amides is 4. The molecule has 0 radical (unpaired) electrons. The van der Waals surface area contributed by atoms with Crippen molar-refractivity contribution in [1.29, 1.82) is 0 Å². The molecule has 8 nitrogen and oxygen atoms in total. The van der Waals surface area contributed by atoms with E-state index in [1.165, 1.54) is 28.0 Å². The molecule has 2 aromatic rings. The number of likely N-dealkylation sites (tertiary alicyclic amines) is 1. The number of carbonyl (C=O) groups is 3. The van der Waals surface area contributed by atoms with Crippen LogP contribution in [0.15, 0.2) is 42.5 Å². The molecule has 1 fully saturated rings. The number of carbonyl (C=O) groups excluding carboxylic acids is 3. The van der Waals surface area contributed by atoms with Gasteiger partial charge in [0.15, 0.2) is 0 Å². The Bertz CT molecular complexity index is 1170. The fourth-order valence-corrected chi connectivity index (χ4v) is 4.01. The molecular formula is C25H28F4N4O4. The van der Waals surface area contributed by atoms with Crippen molar-refractivity contribution in [2.75, 3.05) is 23.3 Å². The van der Waals surface area contributed by atoms with Crippen molar-refractivity contribution < 1.29 is 36.7 Å². The molecular weight excluding hydrogens is 496 g/mol. The minimum absolute atomic E-state index is 0.0978. The number of primary amides is 1. The van der Waals surface area contributed by atoms with E-state index in [1.54, 1.807) is 20.8 Å². The number of nitrogens with two attached hydrogens (primary N) is 1. The molecule has 0 aromatic heterocycles. The predicted molar refractivity (Wildman–Crippen MR) is 129 cm³/mol. The summed E-state index contributed by atoms with van der Waals surface area (Å²) in [5.74, 6) is -1.90. The van der Waals surface area contributed by atoms with Crippen molar-refractivity contribution in [1.82, 2.24) is 4.90 Å². The lowest BCUT2D eigenvalue weighted by Crippen LogP contribution is -2.51. The van der Waals surface area contributed by atoms with Crippen LogP contribution in [0.5, 0.6) is 0 Å². The summed E-state index contributed by atoms with van der Waals surface area (Å²) in [6, 6.07) is 6.58. The van der Waals surface area contributed by atoms with Gasteiger partial charge in [-0.1, -0.05) is 6.07 Å². The molecule has 1 heterocycles. The topological polar surface area (TPSA) is 105 Å². The summed E-state index contributed by atoms with van der Waals surface area (Å²) < 4.78 is 59.1. The van der Waals surface area contributed by atoms with E-state index in [2.05, 4.69) is 5.32 Å². The second-order valence-corrected chi connectivity index (χ2v) is 9.60. The van der Waals surface area contributed by atoms with Crippen molar-refractivity contribution >= 4 is 29.4 Å². The van der Waals surface area contributed by atoms with Crippen LogP contribution in [0.2, 0.25) is 0 Å². The number of benzene rings is 2. The quantitative estimate of drug-likeness (QED) is 0.524. The monoisotopic (exact) mass is 524 g/mol. The number of ether oxygens (including phenoxy) is 1. The van der Waals surface area contributed by atoms with Gasteiger partial charge in [0.05, 0.1) is 11.1 Å². The van der Waals surface area contributed by atoms with E-state index >= 15 is 0 Å². The Morgan fingerprint density at radius 2 is 1.70 bits per heavy atom. The largest absolute Gasteiger partial charge is 0.444 e. The molecule has 12 heteroatoms. The lowest BCUT2D eigenvalue weighted by Gasteiger charge is -2.38. The molecule has 37 heavy (non-hydrogen) atoms. The fraction of sp³-hybridized carbons (Fsp3) is 0.400. The normalized spacial score (nSPS) is 14.7. The van der Waals surface area contributed by atoms with E-state index in [-0.39, 0.29) is 24.5 Å². The Balaban J connectivity index is 1.85. The van der Waals surface area contributed by atoms with Gasteiger partial charge in [-0.25, -0.2) is 14.0 Å². The highest BCUT2D eigenvalue weighted by molar-refractivity contribution is 6.03. The summed E-state index contributed by atoms with van der Waals surface area (Å²) in [6.07, 6.45) is -4.63. The highest BCUT2D eigenvalue weighted by Crippen LogP contribution is 2.34. The number of anilines is 2. The number of hydrogen-bond donors (Lipinski definition) is 2. The second kappa shape index (κ2) is 10.7. The maximum atomic E-state index is 14.0. The van der Waals surface area contributed by atoms with Crippen LogP contribution >= 0.6 is 0 Å². The molecule has 2 aromatic carbocycles. The van der Waals surface area contributed by atoms with Crippen molar-refractivity contribution in [2.45, 2.75) is 51.4 Å². The number of rotatable bonds is 4. The van der Waals surface area contributed by atoms with Crippen LogP contribution in [0.3, 0.4) is 0 Å². The number of nitrogens with zero attached hydrogens (tertiary/aromatic N) is 2. The van der Waals surface area contributed by atoms with Crippen LogP contribution in [0.1, 0.15) is 49.5 Å². The highest BCUT2D eigenvalue weighted by Gasteiger charge is 2.36. The zero-order chi connectivity index (χ0) is 27.5. The Hall–Kier alpha value is -3.83. The summed E-state index contributed by atoms with van der Waals surface area (Å²) in [7, 11) is 0. The first-order valence-electron chi connectivity index (χ1n) is 11.5. The smallest absolute Gasteiger partial charge is 0.417 e. The third-order valence-corrected chi connectivity index (χ3v) is 5.63. The van der Waals surface area contributed by atoms with Crippen molar-refractivity contribution in [3.05, 3.63) is 59.4 Å². The summed E-state index contributed by atoms with van der Waals surface area (Å²) in [4.78, 5) is 40.2. The predicted octanol–water partition coefficient (Wildman–Crippen LogP) is 5.38. The first-order chi connectivity index (χ1) is 17.2. The van der Waals surface area contributed by atoms with Crippen LogP contribution in [0, 0.1) is 5.82 Å². The molecule has 0 spiro atoms. The van der Waals surface area contributed by atoms with Crippen LogP contribution in [0.4, 0.5) is 38.5 Å². The number of halogens is 4. The molecule has 3 rings (SSSR count). The molecule has 0 bridgehead atoms. The molecule has 0 atom stereocenters. The lowest BCUT2D eigenvalue weighted by molar-refractivity contribution is -0.137. The third kappa shape index (κ3) is 7.11. The summed E-state index contributed by atoms with van der Waals surface area (Å²) in [5, 5.41) is 2.48. The Morgan fingerprint density at radius 3 is 2.24 bits per heavy atom. The third-order valence-electron chi connectivity index (χ3n) is 5.63. The molecule has 200 valence electrons. The molecule has 0 saturated carbocycles. The molecule has 3 N–H and O–H groups in total. The van der Waals surface area contributed by atoms with Gasteiger partial charge in [0, 0.05) is 30.5 Å². The first kappa shape index (κ1) is 27.8. The summed E-state index contributed by atoms with van der Waals surface area (Å²) in [6.45, 7) is 5.78. The maximum Gasteiger partial charge on any atom is 0.417 e. The van der Waals surface area contributed by atoms with Gasteiger partial charge >= 0.3 is 18.3 Å². The number of hydrogen-bond acceptors (Lipinski definition) is 4. The zero-order valence-electron chi connectivity index (χ0n) is 20.6. The maximum absolute atomic E-state index is 14.0. The Labute approximate surface area is 211 Å². The van der Waals surface area contributed by atoms with Gasteiger partial charge < -0.3 is 20.7 Å². The molecule has 1 aliphatic rings. The van der Waals surface area contributed by atoms with E-state index in [4.69, 9.17) is 10.5 Å². The average Bonchev–Trinajstić information content (AvgIpc) is 2.78. The van der Waals surface area contributed by atoms with Gasteiger partial charge in [0.2, 0.25) is 5.91 Å². The van der Waals surface area contributed by atoms with Crippen molar-refractivity contribution in [3.63, 3.8) is 0 Å². The van der Waals surface area contributed by atoms with E-state index in [0.29, 0.717) is 18.9 Å². The van der Waals surface area contributed by atoms with Gasteiger partial charge in [-0.3, -0.25) is 9.69 Å². The van der Waals surface area contributed by atoms with Gasteiger partial charge in [-0.05, 0) is 70.0 Å². The van der Waals surface area contributed by atoms with Gasteiger partial charge in [0.25, 0.3) is 0 Å². The number of piperidine rings is 1. The average molecular weight is 525 g/mol. The van der Waals surface area contributed by atoms with Crippen molar-refractivity contribution in [2.24, 2.45) is 5.73 Å². The van der Waals surface area contributed by atoms with E-state index in [0.717, 1.165) is 18.2 Å². The van der Waals surface area contributed by atoms with Gasteiger partial charge in [-0.15, -0.1) is 0 Å². The van der Waals surface area contributed by atoms with E-state index < -0.39 is 52.8 Å². The molecule has 1 aliphatic heterocycles. The Morgan fingerprint density at radius 1 is 1.05 bits per heavy atom. The number of alkyl halides is 3. The van der Waals surface area contributed by atoms with Crippen molar-refractivity contribution in [3.8, 4) is 0 Å². The lowest BCUT2D eigenvalue weighted by atomic mass is 10.0.